The second kappa shape index (κ2) is 8.57. The normalized spacial score (nSPS) is 30.3. The maximum atomic E-state index is 13.5. The molecule has 0 radical (unpaired) electrons. The molecule has 4 nitrogen and oxygen atoms in total. The molecule has 30 heavy (non-hydrogen) atoms. The van der Waals surface area contributed by atoms with Crippen molar-refractivity contribution >= 4 is 46.3 Å². The average Bonchev–Trinajstić information content (AvgIpc) is 2.58. The van der Waals surface area contributed by atoms with Gasteiger partial charge in [-0.25, -0.2) is 0 Å². The first-order valence-corrected chi connectivity index (χ1v) is 14.1. The molecule has 2 atom stereocenters. The standard InChI is InChI=1S/C23H39O4P3/c1-12-26-16(24)14-15(17(25)27-13-2)30-18(20(3,4)5)28-23(14,22(9,10)11)29-19(30)21(6,7)8/h14-15H,12-13H2,1-11H3/t14-,15-,23?,30?/m0/s1. The molecule has 0 N–H and O–H groups in total. The van der Waals surface area contributed by atoms with Crippen molar-refractivity contribution in [3.8, 4) is 0 Å². The summed E-state index contributed by atoms with van der Waals surface area (Å²) in [5.74, 6) is -0.953. The van der Waals surface area contributed by atoms with Crippen LogP contribution >= 0.6 is 24.3 Å². The molecule has 3 heterocycles. The highest BCUT2D eigenvalue weighted by molar-refractivity contribution is 8.07. The van der Waals surface area contributed by atoms with Crippen molar-refractivity contribution in [2.75, 3.05) is 13.2 Å². The Hall–Kier alpha value is -0.290. The van der Waals surface area contributed by atoms with Crippen LogP contribution in [0.1, 0.15) is 76.2 Å². The summed E-state index contributed by atoms with van der Waals surface area (Å²) in [6.07, 6.45) is 0. The molecule has 0 aromatic heterocycles. The quantitative estimate of drug-likeness (QED) is 0.342. The molecule has 0 saturated heterocycles. The van der Waals surface area contributed by atoms with E-state index in [2.05, 4.69) is 62.3 Å². The fraction of sp³-hybridized carbons (Fsp3) is 0.826. The fourth-order valence-electron chi connectivity index (χ4n) is 4.18. The van der Waals surface area contributed by atoms with Gasteiger partial charge in [0.15, 0.2) is 0 Å². The highest BCUT2D eigenvalue weighted by atomic mass is 31.2. The summed E-state index contributed by atoms with van der Waals surface area (Å²) in [7, 11) is 1.45. The molecule has 0 aromatic carbocycles. The lowest BCUT2D eigenvalue weighted by Crippen LogP contribution is -2.58. The third kappa shape index (κ3) is 4.44. The molecule has 0 amide bonds. The highest BCUT2D eigenvalue weighted by Crippen LogP contribution is 2.76. The molecule has 3 aliphatic heterocycles. The van der Waals surface area contributed by atoms with Gasteiger partial charge in [0.25, 0.3) is 0 Å². The van der Waals surface area contributed by atoms with Gasteiger partial charge in [0.2, 0.25) is 0 Å². The lowest BCUT2D eigenvalue weighted by atomic mass is 9.81. The first kappa shape index (κ1) is 26.0. The van der Waals surface area contributed by atoms with Crippen molar-refractivity contribution in [3.63, 3.8) is 0 Å². The zero-order valence-electron chi connectivity index (χ0n) is 20.5. The number of hydrogen-bond donors (Lipinski definition) is 0. The number of hydrogen-bond acceptors (Lipinski definition) is 4. The zero-order valence-corrected chi connectivity index (χ0v) is 23.2. The van der Waals surface area contributed by atoms with Gasteiger partial charge in [-0.05, 0) is 48.1 Å². The van der Waals surface area contributed by atoms with E-state index in [0.717, 1.165) is 0 Å². The molecule has 0 aromatic rings. The molecular formula is C23H39O4P3. The second-order valence-corrected chi connectivity index (χ2v) is 17.1. The summed E-state index contributed by atoms with van der Waals surface area (Å²) in [4.78, 5) is 26.5. The Balaban J connectivity index is 2.96. The summed E-state index contributed by atoms with van der Waals surface area (Å²) in [6.45, 7) is 24.4. The van der Waals surface area contributed by atoms with Crippen LogP contribution in [0, 0.1) is 22.2 Å². The van der Waals surface area contributed by atoms with Crippen LogP contribution in [0.15, 0.2) is 0 Å². The van der Waals surface area contributed by atoms with Crippen molar-refractivity contribution in [1.29, 1.82) is 0 Å². The minimum absolute atomic E-state index is 0.0550. The van der Waals surface area contributed by atoms with Crippen molar-refractivity contribution in [2.24, 2.45) is 22.2 Å². The van der Waals surface area contributed by atoms with Crippen LogP contribution in [0.5, 0.6) is 0 Å². The van der Waals surface area contributed by atoms with E-state index in [1.165, 1.54) is 26.5 Å². The van der Waals surface area contributed by atoms with E-state index in [1.54, 1.807) is 0 Å². The molecule has 0 aliphatic carbocycles. The first-order valence-electron chi connectivity index (χ1n) is 10.9. The maximum absolute atomic E-state index is 13.5. The third-order valence-corrected chi connectivity index (χ3v) is 15.7. The van der Waals surface area contributed by atoms with Gasteiger partial charge >= 0.3 is 11.9 Å². The first-order chi connectivity index (χ1) is 13.5. The minimum atomic E-state index is -0.949. The largest absolute Gasteiger partial charge is 0.466 e. The van der Waals surface area contributed by atoms with Gasteiger partial charge in [0, 0.05) is 0 Å². The number of fused-ring (bicyclic) bond motifs is 1. The predicted molar refractivity (Wildman–Crippen MR) is 132 cm³/mol. The van der Waals surface area contributed by atoms with Crippen molar-refractivity contribution in [1.82, 2.24) is 0 Å². The summed E-state index contributed by atoms with van der Waals surface area (Å²) >= 11 is 0. The lowest BCUT2D eigenvalue weighted by Gasteiger charge is -2.58. The number of carbonyl (C=O) groups excluding carboxylic acids is 2. The smallest absolute Gasteiger partial charge is 0.314 e. The van der Waals surface area contributed by atoms with Gasteiger partial charge in [-0.1, -0.05) is 78.7 Å². The minimum Gasteiger partial charge on any atom is -0.466 e. The Morgan fingerprint density at radius 1 is 0.833 bits per heavy atom. The fourth-order valence-corrected chi connectivity index (χ4v) is 15.0. The maximum Gasteiger partial charge on any atom is 0.314 e. The van der Waals surface area contributed by atoms with Gasteiger partial charge in [-0.2, -0.15) is 0 Å². The van der Waals surface area contributed by atoms with Crippen LogP contribution in [0.4, 0.5) is 0 Å². The van der Waals surface area contributed by atoms with Crippen LogP contribution in [0.25, 0.3) is 0 Å². The molecule has 3 rings (SSSR count). The highest BCUT2D eigenvalue weighted by Gasteiger charge is 2.66. The van der Waals surface area contributed by atoms with Crippen LogP contribution < -0.4 is 0 Å². The number of carbonyl (C=O) groups is 2. The Labute approximate surface area is 187 Å². The van der Waals surface area contributed by atoms with Gasteiger partial charge in [0.1, 0.15) is 5.66 Å². The third-order valence-electron chi connectivity index (χ3n) is 5.55. The summed E-state index contributed by atoms with van der Waals surface area (Å²) in [5, 5.41) is 2.82. The Morgan fingerprint density at radius 3 is 1.57 bits per heavy atom. The second-order valence-electron chi connectivity index (χ2n) is 11.1. The van der Waals surface area contributed by atoms with E-state index in [9.17, 15) is 9.59 Å². The van der Waals surface area contributed by atoms with E-state index >= 15 is 0 Å². The number of rotatable bonds is 4. The molecule has 3 aliphatic rings. The Kier molecular flexibility index (Phi) is 7.42. The Morgan fingerprint density at radius 2 is 1.23 bits per heavy atom. The molecule has 0 saturated carbocycles. The summed E-state index contributed by atoms with van der Waals surface area (Å²) in [6, 6.07) is 0. The van der Waals surface area contributed by atoms with Crippen LogP contribution in [-0.2, 0) is 19.1 Å². The Bertz CT molecular complexity index is 731. The van der Waals surface area contributed by atoms with Crippen LogP contribution in [-0.4, -0.2) is 45.8 Å². The van der Waals surface area contributed by atoms with Gasteiger partial charge < -0.3 is 9.47 Å². The van der Waals surface area contributed by atoms with E-state index in [1.807, 2.05) is 13.8 Å². The van der Waals surface area contributed by atoms with Gasteiger partial charge in [-0.15, -0.1) is 0 Å². The molecule has 7 heteroatoms. The molecule has 170 valence electrons. The zero-order chi connectivity index (χ0) is 23.3. The van der Waals surface area contributed by atoms with E-state index in [-0.39, 0.29) is 28.2 Å². The molecular weight excluding hydrogens is 433 g/mol. The number of esters is 2. The van der Waals surface area contributed by atoms with Crippen LogP contribution in [0.2, 0.25) is 0 Å². The predicted octanol–water partition coefficient (Wildman–Crippen LogP) is 6.59. The van der Waals surface area contributed by atoms with Gasteiger partial charge in [-0.3, -0.25) is 9.59 Å². The molecule has 0 unspecified atom stereocenters. The SMILES string of the molecule is CCOC(=O)[C@@H]1[C@@H](C(=O)OCC)C2(C(C)(C)C)P=C(C(C)(C)C)P1C(C(C)(C)C)=P2. The topological polar surface area (TPSA) is 52.6 Å². The monoisotopic (exact) mass is 472 g/mol. The molecule has 0 spiro atoms. The van der Waals surface area contributed by atoms with E-state index in [4.69, 9.17) is 9.47 Å². The van der Waals surface area contributed by atoms with E-state index < -0.39 is 24.4 Å². The van der Waals surface area contributed by atoms with Crippen molar-refractivity contribution in [3.05, 3.63) is 0 Å². The van der Waals surface area contributed by atoms with Crippen molar-refractivity contribution < 1.29 is 19.1 Å². The van der Waals surface area contributed by atoms with Crippen molar-refractivity contribution in [2.45, 2.75) is 86.7 Å². The molecule has 2 bridgehead atoms. The number of ether oxygens (including phenoxy) is 2. The molecule has 0 fully saturated rings. The lowest BCUT2D eigenvalue weighted by molar-refractivity contribution is -0.155. The van der Waals surface area contributed by atoms with Crippen LogP contribution in [0.3, 0.4) is 0 Å². The van der Waals surface area contributed by atoms with Gasteiger partial charge in [0.05, 0.1) is 24.0 Å². The van der Waals surface area contributed by atoms with E-state index in [0.29, 0.717) is 13.2 Å². The average molecular weight is 472 g/mol. The summed E-state index contributed by atoms with van der Waals surface area (Å²) in [5.41, 5.74) is -0.780. The summed E-state index contributed by atoms with van der Waals surface area (Å²) < 4.78 is 11.2.